The molecule has 0 fully saturated rings. The van der Waals surface area contributed by atoms with Gasteiger partial charge in [-0.25, -0.2) is 4.79 Å². The van der Waals surface area contributed by atoms with Gasteiger partial charge in [-0.1, -0.05) is 11.1 Å². The van der Waals surface area contributed by atoms with Gasteiger partial charge in [-0.05, 0) is 32.0 Å². The maximum atomic E-state index is 11.5. The average molecular weight is 259 g/mol. The van der Waals surface area contributed by atoms with Crippen LogP contribution >= 0.6 is 0 Å². The van der Waals surface area contributed by atoms with Crippen LogP contribution in [-0.4, -0.2) is 31.2 Å². The summed E-state index contributed by atoms with van der Waals surface area (Å²) < 4.78 is 4.67. The van der Waals surface area contributed by atoms with E-state index in [-0.39, 0.29) is 0 Å². The van der Waals surface area contributed by atoms with E-state index in [4.69, 9.17) is 6.42 Å². The van der Waals surface area contributed by atoms with Gasteiger partial charge >= 0.3 is 5.97 Å². The molecule has 0 unspecified atom stereocenters. The Morgan fingerprint density at radius 2 is 2.05 bits per heavy atom. The Kier molecular flexibility index (Phi) is 5.55. The van der Waals surface area contributed by atoms with Gasteiger partial charge < -0.3 is 4.74 Å². The first-order valence-electron chi connectivity index (χ1n) is 6.01. The van der Waals surface area contributed by atoms with E-state index in [1.165, 1.54) is 7.11 Å². The highest BCUT2D eigenvalue weighted by atomic mass is 16.5. The number of carbonyl (C=O) groups excluding carboxylic acids is 1. The van der Waals surface area contributed by atoms with Crippen LogP contribution < -0.4 is 0 Å². The van der Waals surface area contributed by atoms with Crippen LogP contribution in [0.4, 0.5) is 5.69 Å². The van der Waals surface area contributed by atoms with Crippen LogP contribution in [0.5, 0.6) is 0 Å². The predicted molar refractivity (Wildman–Crippen MR) is 73.2 cm³/mol. The largest absolute Gasteiger partial charge is 0.465 e. The highest BCUT2D eigenvalue weighted by Crippen LogP contribution is 2.19. The number of hydrogen-bond acceptors (Lipinski definition) is 4. The summed E-state index contributed by atoms with van der Waals surface area (Å²) in [5.74, 6) is 2.03. The fourth-order valence-electron chi connectivity index (χ4n) is 1.45. The summed E-state index contributed by atoms with van der Waals surface area (Å²) in [7, 11) is 1.32. The molecule has 0 aliphatic rings. The molecule has 0 saturated carbocycles. The molecule has 0 heterocycles. The van der Waals surface area contributed by atoms with Crippen molar-refractivity contribution < 1.29 is 9.53 Å². The molecule has 0 atom stereocenters. The Balaban J connectivity index is 3.07. The van der Waals surface area contributed by atoms with Crippen molar-refractivity contribution >= 4 is 11.7 Å². The minimum absolute atomic E-state index is 0.367. The van der Waals surface area contributed by atoms with Gasteiger partial charge in [0.1, 0.15) is 0 Å². The summed E-state index contributed by atoms with van der Waals surface area (Å²) in [5.41, 5.74) is 1.46. The molecular weight excluding hydrogens is 242 g/mol. The van der Waals surface area contributed by atoms with E-state index in [2.05, 4.69) is 21.0 Å². The molecule has 0 aliphatic carbocycles. The fourth-order valence-corrected chi connectivity index (χ4v) is 1.45. The van der Waals surface area contributed by atoms with Crippen LogP contribution in [-0.2, 0) is 4.74 Å². The van der Waals surface area contributed by atoms with Crippen molar-refractivity contribution in [2.45, 2.75) is 13.8 Å². The maximum absolute atomic E-state index is 11.5. The van der Waals surface area contributed by atoms with Gasteiger partial charge in [0.15, 0.2) is 0 Å². The first kappa shape index (κ1) is 14.7. The van der Waals surface area contributed by atoms with Gasteiger partial charge in [0, 0.05) is 18.7 Å². The second kappa shape index (κ2) is 7.17. The van der Waals surface area contributed by atoms with E-state index >= 15 is 0 Å². The molecule has 1 aromatic rings. The standard InChI is InChI=1S/C14H17N3O2/c1-5-11-8-12(14(18)19-4)10-13(9-11)15-16-17(6-2)7-3/h1,8-10H,6-7H2,2-4H3. The van der Waals surface area contributed by atoms with E-state index in [1.807, 2.05) is 13.8 Å². The van der Waals surface area contributed by atoms with E-state index < -0.39 is 5.97 Å². The molecule has 5 heteroatoms. The smallest absolute Gasteiger partial charge is 0.337 e. The molecule has 5 nitrogen and oxygen atoms in total. The lowest BCUT2D eigenvalue weighted by Crippen LogP contribution is -2.14. The first-order valence-corrected chi connectivity index (χ1v) is 6.01. The average Bonchev–Trinajstić information content (AvgIpc) is 2.47. The van der Waals surface area contributed by atoms with Crippen molar-refractivity contribution in [1.82, 2.24) is 5.01 Å². The van der Waals surface area contributed by atoms with Crippen LogP contribution in [0.1, 0.15) is 29.8 Å². The van der Waals surface area contributed by atoms with Crippen molar-refractivity contribution in [2.75, 3.05) is 20.2 Å². The number of methoxy groups -OCH3 is 1. The Morgan fingerprint density at radius 1 is 1.37 bits per heavy atom. The topological polar surface area (TPSA) is 54.3 Å². The van der Waals surface area contributed by atoms with Crippen LogP contribution in [0.3, 0.4) is 0 Å². The minimum atomic E-state index is -0.448. The summed E-state index contributed by atoms with van der Waals surface area (Å²) in [6.07, 6.45) is 5.35. The SMILES string of the molecule is C#Cc1cc(N=NN(CC)CC)cc(C(=O)OC)c1. The monoisotopic (exact) mass is 259 g/mol. The van der Waals surface area contributed by atoms with Crippen LogP contribution in [0.2, 0.25) is 0 Å². The quantitative estimate of drug-likeness (QED) is 0.353. The Hall–Kier alpha value is -2.35. The third-order valence-electron chi connectivity index (χ3n) is 2.52. The number of carbonyl (C=O) groups is 1. The van der Waals surface area contributed by atoms with E-state index in [0.717, 1.165) is 13.1 Å². The molecule has 1 aromatic carbocycles. The van der Waals surface area contributed by atoms with Gasteiger partial charge in [-0.2, -0.15) is 0 Å². The van der Waals surface area contributed by atoms with Crippen molar-refractivity contribution in [3.8, 4) is 12.3 Å². The number of esters is 1. The zero-order valence-electron chi connectivity index (χ0n) is 11.4. The second-order valence-corrected chi connectivity index (χ2v) is 3.73. The molecule has 0 aliphatic heterocycles. The summed E-state index contributed by atoms with van der Waals surface area (Å²) in [6.45, 7) is 5.50. The Morgan fingerprint density at radius 3 is 2.58 bits per heavy atom. The number of rotatable bonds is 5. The molecular formula is C14H17N3O2. The summed E-state index contributed by atoms with van der Waals surface area (Å²) >= 11 is 0. The molecule has 1 rings (SSSR count). The normalized spacial score (nSPS) is 10.2. The second-order valence-electron chi connectivity index (χ2n) is 3.73. The minimum Gasteiger partial charge on any atom is -0.465 e. The fraction of sp³-hybridized carbons (Fsp3) is 0.357. The zero-order chi connectivity index (χ0) is 14.3. The van der Waals surface area contributed by atoms with Crippen molar-refractivity contribution in [3.05, 3.63) is 29.3 Å². The predicted octanol–water partition coefficient (Wildman–Crippen LogP) is 2.80. The van der Waals surface area contributed by atoms with E-state index in [0.29, 0.717) is 16.8 Å². The first-order chi connectivity index (χ1) is 9.14. The number of nitrogens with zero attached hydrogens (tertiary/aromatic N) is 3. The molecule has 0 spiro atoms. The third-order valence-corrected chi connectivity index (χ3v) is 2.52. The molecule has 0 N–H and O–H groups in total. The van der Waals surface area contributed by atoms with Crippen LogP contribution in [0.15, 0.2) is 28.5 Å². The summed E-state index contributed by atoms with van der Waals surface area (Å²) in [4.78, 5) is 11.5. The number of ether oxygens (including phenoxy) is 1. The van der Waals surface area contributed by atoms with Crippen molar-refractivity contribution in [2.24, 2.45) is 10.3 Å². The zero-order valence-corrected chi connectivity index (χ0v) is 11.4. The summed E-state index contributed by atoms with van der Waals surface area (Å²) in [5, 5.41) is 9.94. The molecule has 0 radical (unpaired) electrons. The van der Waals surface area contributed by atoms with Gasteiger partial charge in [0.25, 0.3) is 0 Å². The van der Waals surface area contributed by atoms with Crippen LogP contribution in [0.25, 0.3) is 0 Å². The van der Waals surface area contributed by atoms with Crippen molar-refractivity contribution in [3.63, 3.8) is 0 Å². The third kappa shape index (κ3) is 4.11. The van der Waals surface area contributed by atoms with Gasteiger partial charge in [0.2, 0.25) is 0 Å². The number of terminal acetylenes is 1. The molecule has 0 aromatic heterocycles. The Labute approximate surface area is 113 Å². The molecule has 0 saturated heterocycles. The van der Waals surface area contributed by atoms with Gasteiger partial charge in [-0.3, -0.25) is 5.01 Å². The lowest BCUT2D eigenvalue weighted by atomic mass is 10.1. The summed E-state index contributed by atoms with van der Waals surface area (Å²) in [6, 6.07) is 4.88. The van der Waals surface area contributed by atoms with Gasteiger partial charge in [0.05, 0.1) is 18.4 Å². The van der Waals surface area contributed by atoms with Crippen LogP contribution in [0, 0.1) is 12.3 Å². The maximum Gasteiger partial charge on any atom is 0.337 e. The molecule has 0 amide bonds. The lowest BCUT2D eigenvalue weighted by Gasteiger charge is -2.11. The highest BCUT2D eigenvalue weighted by Gasteiger charge is 2.08. The molecule has 0 bridgehead atoms. The lowest BCUT2D eigenvalue weighted by molar-refractivity contribution is 0.0600. The molecule has 19 heavy (non-hydrogen) atoms. The van der Waals surface area contributed by atoms with E-state index in [1.54, 1.807) is 23.2 Å². The van der Waals surface area contributed by atoms with Crippen molar-refractivity contribution in [1.29, 1.82) is 0 Å². The van der Waals surface area contributed by atoms with Gasteiger partial charge in [-0.15, -0.1) is 11.5 Å². The number of hydrogen-bond donors (Lipinski definition) is 0. The molecule has 100 valence electrons. The Bertz CT molecular complexity index is 514. The number of benzene rings is 1. The highest BCUT2D eigenvalue weighted by molar-refractivity contribution is 5.90. The van der Waals surface area contributed by atoms with E-state index in [9.17, 15) is 4.79 Å².